The summed E-state index contributed by atoms with van der Waals surface area (Å²) in [5, 5.41) is 4.28. The molecule has 0 spiro atoms. The summed E-state index contributed by atoms with van der Waals surface area (Å²) in [6.07, 6.45) is 0. The van der Waals surface area contributed by atoms with Gasteiger partial charge in [0, 0.05) is 33.6 Å². The van der Waals surface area contributed by atoms with Gasteiger partial charge < -0.3 is 20.3 Å². The molecule has 0 bridgehead atoms. The number of nitrogens with two attached hydrogens (primary N) is 2. The molecule has 6 aromatic rings. The fraction of sp³-hybridized carbons (Fsp3) is 0.0769. The number of hydrogen-bond acceptors (Lipinski definition) is 4. The Morgan fingerprint density at radius 1 is 0.467 bits per heavy atom. The van der Waals surface area contributed by atoms with Crippen molar-refractivity contribution in [1.82, 2.24) is 0 Å². The van der Waals surface area contributed by atoms with Crippen LogP contribution in [0, 0.1) is 0 Å². The van der Waals surface area contributed by atoms with Crippen molar-refractivity contribution in [1.29, 1.82) is 0 Å². The van der Waals surface area contributed by atoms with E-state index in [2.05, 4.69) is 24.3 Å². The van der Waals surface area contributed by atoms with E-state index in [1.165, 1.54) is 0 Å². The first-order chi connectivity index (χ1) is 14.7. The molecule has 2 aromatic heterocycles. The molecule has 146 valence electrons. The fourth-order valence-electron chi connectivity index (χ4n) is 4.32. The highest BCUT2D eigenvalue weighted by molar-refractivity contribution is 6.06. The lowest BCUT2D eigenvalue weighted by molar-refractivity contribution is 0.574. The number of hydrogen-bond donors (Lipinski definition) is 2. The lowest BCUT2D eigenvalue weighted by Gasteiger charge is -2.21. The van der Waals surface area contributed by atoms with Crippen molar-refractivity contribution in [3.63, 3.8) is 0 Å². The van der Waals surface area contributed by atoms with Gasteiger partial charge in [-0.1, -0.05) is 48.5 Å². The maximum absolute atomic E-state index is 6.63. The molecule has 0 aliphatic carbocycles. The van der Waals surface area contributed by atoms with Crippen LogP contribution < -0.4 is 11.5 Å². The van der Waals surface area contributed by atoms with Gasteiger partial charge in [-0.2, -0.15) is 0 Å². The average molecular weight is 392 g/mol. The standard InChI is InChI=1S/C26H20N2O2/c27-25(15-9-11-23-19(13-15)17-5-1-3-7-21(17)29-23)26(28)16-10-12-24-20(14-16)18-6-2-4-8-22(18)30-24/h1-14,25-26H,27-28H2. The average Bonchev–Trinajstić information content (AvgIpc) is 3.35. The van der Waals surface area contributed by atoms with Gasteiger partial charge in [-0.25, -0.2) is 0 Å². The van der Waals surface area contributed by atoms with E-state index in [1.807, 2.05) is 60.7 Å². The lowest BCUT2D eigenvalue weighted by Crippen LogP contribution is -2.26. The van der Waals surface area contributed by atoms with Crippen LogP contribution in [0.2, 0.25) is 0 Å². The highest BCUT2D eigenvalue weighted by Crippen LogP contribution is 2.35. The van der Waals surface area contributed by atoms with E-state index in [-0.39, 0.29) is 12.1 Å². The topological polar surface area (TPSA) is 78.3 Å². The number of fused-ring (bicyclic) bond motifs is 6. The quantitative estimate of drug-likeness (QED) is 0.377. The fourth-order valence-corrected chi connectivity index (χ4v) is 4.32. The van der Waals surface area contributed by atoms with Crippen molar-refractivity contribution >= 4 is 43.9 Å². The molecule has 0 saturated carbocycles. The third kappa shape index (κ3) is 2.55. The van der Waals surface area contributed by atoms with Crippen LogP contribution in [-0.4, -0.2) is 0 Å². The van der Waals surface area contributed by atoms with Gasteiger partial charge in [-0.15, -0.1) is 0 Å². The Labute approximate surface area is 172 Å². The van der Waals surface area contributed by atoms with Crippen LogP contribution in [0.5, 0.6) is 0 Å². The number of furan rings is 2. The summed E-state index contributed by atoms with van der Waals surface area (Å²) in [5.41, 5.74) is 18.7. The maximum Gasteiger partial charge on any atom is 0.135 e. The second-order valence-corrected chi connectivity index (χ2v) is 7.76. The Morgan fingerprint density at radius 3 is 1.33 bits per heavy atom. The van der Waals surface area contributed by atoms with Gasteiger partial charge in [0.1, 0.15) is 22.3 Å². The molecule has 2 unspecified atom stereocenters. The Bertz CT molecular complexity index is 1430. The third-order valence-electron chi connectivity index (χ3n) is 5.96. The molecule has 0 aliphatic heterocycles. The Balaban J connectivity index is 1.42. The van der Waals surface area contributed by atoms with Crippen LogP contribution in [0.1, 0.15) is 23.2 Å². The van der Waals surface area contributed by atoms with Gasteiger partial charge in [0.15, 0.2) is 0 Å². The maximum atomic E-state index is 6.63. The van der Waals surface area contributed by atoms with E-state index in [0.717, 1.165) is 55.0 Å². The molecule has 4 N–H and O–H groups in total. The SMILES string of the molecule is NC(c1ccc2oc3ccccc3c2c1)C(N)c1ccc2oc3ccccc3c2c1. The molecular formula is C26H20N2O2. The minimum absolute atomic E-state index is 0.348. The van der Waals surface area contributed by atoms with Crippen molar-refractivity contribution < 1.29 is 8.83 Å². The van der Waals surface area contributed by atoms with Crippen molar-refractivity contribution in [3.05, 3.63) is 96.1 Å². The zero-order valence-electron chi connectivity index (χ0n) is 16.2. The molecule has 0 saturated heterocycles. The van der Waals surface area contributed by atoms with Crippen LogP contribution in [-0.2, 0) is 0 Å². The summed E-state index contributed by atoms with van der Waals surface area (Å²) in [7, 11) is 0. The summed E-state index contributed by atoms with van der Waals surface area (Å²) in [6.45, 7) is 0. The summed E-state index contributed by atoms with van der Waals surface area (Å²) < 4.78 is 11.9. The lowest BCUT2D eigenvalue weighted by atomic mass is 9.93. The van der Waals surface area contributed by atoms with Crippen LogP contribution in [0.4, 0.5) is 0 Å². The first-order valence-electron chi connectivity index (χ1n) is 10.0. The van der Waals surface area contributed by atoms with E-state index < -0.39 is 0 Å². The minimum atomic E-state index is -0.348. The molecule has 2 atom stereocenters. The number of para-hydroxylation sites is 2. The van der Waals surface area contributed by atoms with E-state index in [1.54, 1.807) is 0 Å². The van der Waals surface area contributed by atoms with E-state index in [9.17, 15) is 0 Å². The van der Waals surface area contributed by atoms with E-state index >= 15 is 0 Å². The normalized spacial score (nSPS) is 14.1. The highest BCUT2D eigenvalue weighted by atomic mass is 16.3. The zero-order chi connectivity index (χ0) is 20.2. The second kappa shape index (κ2) is 6.46. The molecule has 0 amide bonds. The molecule has 2 heterocycles. The summed E-state index contributed by atoms with van der Waals surface area (Å²) in [5.74, 6) is 0. The number of rotatable bonds is 3. The molecule has 4 nitrogen and oxygen atoms in total. The van der Waals surface area contributed by atoms with Gasteiger partial charge in [0.2, 0.25) is 0 Å². The first kappa shape index (κ1) is 17.3. The van der Waals surface area contributed by atoms with Crippen molar-refractivity contribution in [3.8, 4) is 0 Å². The summed E-state index contributed by atoms with van der Waals surface area (Å²) in [4.78, 5) is 0. The van der Waals surface area contributed by atoms with Gasteiger partial charge in [0.25, 0.3) is 0 Å². The summed E-state index contributed by atoms with van der Waals surface area (Å²) >= 11 is 0. The molecule has 0 radical (unpaired) electrons. The third-order valence-corrected chi connectivity index (χ3v) is 5.96. The molecule has 30 heavy (non-hydrogen) atoms. The van der Waals surface area contributed by atoms with Gasteiger partial charge in [0.05, 0.1) is 0 Å². The Hall–Kier alpha value is -3.60. The second-order valence-electron chi connectivity index (χ2n) is 7.76. The molecule has 0 fully saturated rings. The molecule has 4 heteroatoms. The highest BCUT2D eigenvalue weighted by Gasteiger charge is 2.20. The van der Waals surface area contributed by atoms with Crippen molar-refractivity contribution in [2.75, 3.05) is 0 Å². The van der Waals surface area contributed by atoms with Crippen LogP contribution in [0.25, 0.3) is 43.9 Å². The van der Waals surface area contributed by atoms with Crippen molar-refractivity contribution in [2.24, 2.45) is 11.5 Å². The summed E-state index contributed by atoms with van der Waals surface area (Å²) in [6, 6.07) is 27.5. The minimum Gasteiger partial charge on any atom is -0.456 e. The van der Waals surface area contributed by atoms with Gasteiger partial charge in [-0.05, 0) is 47.5 Å². The number of benzene rings is 4. The van der Waals surface area contributed by atoms with E-state index in [0.29, 0.717) is 0 Å². The molecule has 4 aromatic carbocycles. The molecule has 6 rings (SSSR count). The van der Waals surface area contributed by atoms with Crippen LogP contribution in [0.3, 0.4) is 0 Å². The predicted octanol–water partition coefficient (Wildman–Crippen LogP) is 6.19. The smallest absolute Gasteiger partial charge is 0.135 e. The van der Waals surface area contributed by atoms with Crippen LogP contribution in [0.15, 0.2) is 93.8 Å². The molecular weight excluding hydrogens is 372 g/mol. The predicted molar refractivity (Wildman–Crippen MR) is 121 cm³/mol. The van der Waals surface area contributed by atoms with Crippen LogP contribution >= 0.6 is 0 Å². The van der Waals surface area contributed by atoms with Gasteiger partial charge >= 0.3 is 0 Å². The monoisotopic (exact) mass is 392 g/mol. The van der Waals surface area contributed by atoms with Gasteiger partial charge in [-0.3, -0.25) is 0 Å². The largest absolute Gasteiger partial charge is 0.456 e. The Kier molecular flexibility index (Phi) is 3.72. The zero-order valence-corrected chi connectivity index (χ0v) is 16.2. The van der Waals surface area contributed by atoms with E-state index in [4.69, 9.17) is 20.3 Å². The van der Waals surface area contributed by atoms with Crippen molar-refractivity contribution in [2.45, 2.75) is 12.1 Å². The molecule has 0 aliphatic rings. The first-order valence-corrected chi connectivity index (χ1v) is 10.0. The Morgan fingerprint density at radius 2 is 0.867 bits per heavy atom.